The zero-order valence-electron chi connectivity index (χ0n) is 46.6. The third kappa shape index (κ3) is 34.1. The standard InChI is InChI=1S/C51H106N18O8/c1-35(63-47(73)41(23-14-31-57)68-51(77)43(25-16-33-59)69-50(76)42(24-15-32-58)65-45(71)37(61)19-3-9-27-53)17-7-13-34-62-46(72)38(20-4-10-28-54)66-49(75)40(22-6-12-30-56)67-48(74)39(21-5-11-29-55)64-44(70)36(60)18-2-8-26-52/h35-43H,2-34,52-61H2,1H3,(H,62,72)(H,63,73)(H,64,70)(H,65,71)(H,66,75)(H,67,74)(H,68,77)(H,69,76). The predicted molar refractivity (Wildman–Crippen MR) is 301 cm³/mol. The van der Waals surface area contributed by atoms with Crippen LogP contribution in [-0.4, -0.2) is 161 Å². The van der Waals surface area contributed by atoms with Gasteiger partial charge in [-0.3, -0.25) is 38.4 Å². The van der Waals surface area contributed by atoms with Crippen LogP contribution in [0.15, 0.2) is 0 Å². The Hall–Kier alpha value is -4.64. The van der Waals surface area contributed by atoms with Gasteiger partial charge in [0.05, 0.1) is 12.1 Å². The summed E-state index contributed by atoms with van der Waals surface area (Å²) in [6.07, 6.45) is 11.2. The lowest BCUT2D eigenvalue weighted by Gasteiger charge is -2.26. The molecule has 0 aliphatic heterocycles. The number of hydrogen-bond donors (Lipinski definition) is 18. The summed E-state index contributed by atoms with van der Waals surface area (Å²) in [5, 5.41) is 22.6. The van der Waals surface area contributed by atoms with Crippen molar-refractivity contribution in [2.45, 2.75) is 215 Å². The number of unbranched alkanes of at least 4 members (excludes halogenated alkanes) is 6. The van der Waals surface area contributed by atoms with Gasteiger partial charge >= 0.3 is 0 Å². The van der Waals surface area contributed by atoms with Gasteiger partial charge in [-0.1, -0.05) is 12.8 Å². The lowest BCUT2D eigenvalue weighted by Crippen LogP contribution is -2.58. The molecule has 0 heterocycles. The minimum atomic E-state index is -1.07. The highest BCUT2D eigenvalue weighted by atomic mass is 16.2. The average molecular weight is 1100 g/mol. The summed E-state index contributed by atoms with van der Waals surface area (Å²) < 4.78 is 0. The maximum Gasteiger partial charge on any atom is 0.243 e. The highest BCUT2D eigenvalue weighted by Gasteiger charge is 2.32. The van der Waals surface area contributed by atoms with E-state index < -0.39 is 95.6 Å². The smallest absolute Gasteiger partial charge is 0.243 e. The first-order valence-corrected chi connectivity index (χ1v) is 28.5. The number of carbonyl (C=O) groups is 8. The Balaban J connectivity index is 5.80. The van der Waals surface area contributed by atoms with E-state index in [2.05, 4.69) is 42.5 Å². The summed E-state index contributed by atoms with van der Waals surface area (Å²) in [6.45, 7) is 4.95. The molecule has 0 aliphatic carbocycles. The SMILES string of the molecule is CC(CCCCNC(=O)C(CCCCN)NC(=O)C(CCCCN)NC(=O)C(CCCCN)NC(=O)C(N)CCCCN)NC(=O)C(CCCN)NC(=O)C(CCCN)NC(=O)C(CCCN)NC(=O)C(N)CCCCN. The average Bonchev–Trinajstić information content (AvgIpc) is 3.40. The predicted octanol–water partition coefficient (Wildman–Crippen LogP) is -3.80. The van der Waals surface area contributed by atoms with Crippen LogP contribution in [-0.2, 0) is 38.4 Å². The van der Waals surface area contributed by atoms with Gasteiger partial charge in [0.1, 0.15) is 36.3 Å². The molecule has 0 rings (SSSR count). The second-order valence-electron chi connectivity index (χ2n) is 20.0. The van der Waals surface area contributed by atoms with Crippen molar-refractivity contribution in [3.63, 3.8) is 0 Å². The van der Waals surface area contributed by atoms with Gasteiger partial charge in [0.2, 0.25) is 47.3 Å². The minimum Gasteiger partial charge on any atom is -0.354 e. The van der Waals surface area contributed by atoms with Gasteiger partial charge in [-0.15, -0.1) is 0 Å². The Bertz CT molecular complexity index is 1650. The van der Waals surface area contributed by atoms with E-state index >= 15 is 0 Å². The third-order valence-electron chi connectivity index (χ3n) is 13.1. The van der Waals surface area contributed by atoms with Gasteiger partial charge in [-0.25, -0.2) is 0 Å². The van der Waals surface area contributed by atoms with Crippen molar-refractivity contribution in [3.05, 3.63) is 0 Å². The molecule has 0 spiro atoms. The van der Waals surface area contributed by atoms with Crippen molar-refractivity contribution in [1.29, 1.82) is 0 Å². The van der Waals surface area contributed by atoms with E-state index in [-0.39, 0.29) is 64.3 Å². The second-order valence-corrected chi connectivity index (χ2v) is 20.0. The molecule has 0 aliphatic rings. The Morgan fingerprint density at radius 1 is 0.273 bits per heavy atom. The van der Waals surface area contributed by atoms with Crippen molar-refractivity contribution >= 4 is 47.3 Å². The topological polar surface area (TPSA) is 493 Å². The molecular formula is C51H106N18O8. The van der Waals surface area contributed by atoms with Gasteiger partial charge in [0.25, 0.3) is 0 Å². The van der Waals surface area contributed by atoms with Gasteiger partial charge in [-0.2, -0.15) is 0 Å². The van der Waals surface area contributed by atoms with E-state index in [0.717, 1.165) is 0 Å². The molecule has 0 aromatic heterocycles. The van der Waals surface area contributed by atoms with Crippen LogP contribution in [0.5, 0.6) is 0 Å². The number of amides is 8. The third-order valence-corrected chi connectivity index (χ3v) is 13.1. The van der Waals surface area contributed by atoms with Crippen molar-refractivity contribution in [3.8, 4) is 0 Å². The first kappa shape index (κ1) is 72.4. The molecule has 0 aromatic rings. The Kier molecular flexibility index (Phi) is 43.5. The fourth-order valence-corrected chi connectivity index (χ4v) is 8.31. The molecule has 448 valence electrons. The number of carbonyl (C=O) groups excluding carboxylic acids is 8. The minimum absolute atomic E-state index is 0.170. The molecule has 0 saturated carbocycles. The Morgan fingerprint density at radius 3 is 0.805 bits per heavy atom. The summed E-state index contributed by atoms with van der Waals surface area (Å²) >= 11 is 0. The number of nitrogens with two attached hydrogens (primary N) is 10. The van der Waals surface area contributed by atoms with Crippen LogP contribution >= 0.6 is 0 Å². The van der Waals surface area contributed by atoms with Crippen LogP contribution in [0.3, 0.4) is 0 Å². The monoisotopic (exact) mass is 1100 g/mol. The van der Waals surface area contributed by atoms with E-state index in [1.54, 1.807) is 0 Å². The maximum atomic E-state index is 13.9. The molecule has 9 atom stereocenters. The molecule has 9 unspecified atom stereocenters. The van der Waals surface area contributed by atoms with E-state index in [0.29, 0.717) is 155 Å². The lowest BCUT2D eigenvalue weighted by atomic mass is 10.0. The molecule has 28 N–H and O–H groups in total. The highest BCUT2D eigenvalue weighted by Crippen LogP contribution is 2.11. The molecule has 8 amide bonds. The van der Waals surface area contributed by atoms with Crippen molar-refractivity contribution in [2.24, 2.45) is 57.3 Å². The van der Waals surface area contributed by atoms with Crippen LogP contribution in [0.25, 0.3) is 0 Å². The molecule has 0 fully saturated rings. The zero-order valence-corrected chi connectivity index (χ0v) is 46.6. The summed E-state index contributed by atoms with van der Waals surface area (Å²) in [5.74, 6) is -4.15. The van der Waals surface area contributed by atoms with Gasteiger partial charge in [-0.05, 0) is 201 Å². The molecule has 26 heteroatoms. The molecule has 0 bridgehead atoms. The molecule has 0 aromatic carbocycles. The van der Waals surface area contributed by atoms with Crippen LogP contribution < -0.4 is 99.9 Å². The highest BCUT2D eigenvalue weighted by molar-refractivity contribution is 5.96. The van der Waals surface area contributed by atoms with Crippen LogP contribution in [0.1, 0.15) is 161 Å². The molecule has 26 nitrogen and oxygen atoms in total. The maximum absolute atomic E-state index is 13.9. The second kappa shape index (κ2) is 46.3. The zero-order chi connectivity index (χ0) is 57.8. The number of hydrogen-bond acceptors (Lipinski definition) is 18. The normalized spacial score (nSPS) is 14.8. The van der Waals surface area contributed by atoms with Crippen LogP contribution in [0, 0.1) is 0 Å². The van der Waals surface area contributed by atoms with Crippen molar-refractivity contribution < 1.29 is 38.4 Å². The van der Waals surface area contributed by atoms with Crippen LogP contribution in [0.4, 0.5) is 0 Å². The van der Waals surface area contributed by atoms with Crippen molar-refractivity contribution in [2.75, 3.05) is 58.9 Å². The fraction of sp³-hybridized carbons (Fsp3) is 0.843. The Morgan fingerprint density at radius 2 is 0.506 bits per heavy atom. The lowest BCUT2D eigenvalue weighted by molar-refractivity contribution is -0.134. The summed E-state index contributed by atoms with van der Waals surface area (Å²) in [6, 6.07) is -8.02. The Labute approximate surface area is 458 Å². The summed E-state index contributed by atoms with van der Waals surface area (Å²) in [4.78, 5) is 108. The van der Waals surface area contributed by atoms with E-state index in [9.17, 15) is 38.4 Å². The van der Waals surface area contributed by atoms with Gasteiger partial charge < -0.3 is 99.9 Å². The quantitative estimate of drug-likeness (QED) is 0.0260. The number of nitrogens with one attached hydrogen (secondary N) is 8. The van der Waals surface area contributed by atoms with Gasteiger partial charge in [0, 0.05) is 12.6 Å². The summed E-state index contributed by atoms with van der Waals surface area (Å²) in [7, 11) is 0. The van der Waals surface area contributed by atoms with Gasteiger partial charge in [0.15, 0.2) is 0 Å². The molecule has 77 heavy (non-hydrogen) atoms. The first-order chi connectivity index (χ1) is 37.0. The van der Waals surface area contributed by atoms with E-state index in [4.69, 9.17) is 57.3 Å². The first-order valence-electron chi connectivity index (χ1n) is 28.5. The van der Waals surface area contributed by atoms with E-state index in [1.807, 2.05) is 6.92 Å². The molecular weight excluding hydrogens is 993 g/mol. The largest absolute Gasteiger partial charge is 0.354 e. The fourth-order valence-electron chi connectivity index (χ4n) is 8.31. The molecule has 0 radical (unpaired) electrons. The van der Waals surface area contributed by atoms with Crippen molar-refractivity contribution in [1.82, 2.24) is 42.5 Å². The number of rotatable bonds is 49. The molecule has 0 saturated heterocycles. The van der Waals surface area contributed by atoms with E-state index in [1.165, 1.54) is 0 Å². The summed E-state index contributed by atoms with van der Waals surface area (Å²) in [5.41, 5.74) is 57.9. The van der Waals surface area contributed by atoms with Crippen LogP contribution in [0.2, 0.25) is 0 Å².